The van der Waals surface area contributed by atoms with Gasteiger partial charge in [0.1, 0.15) is 23.0 Å². The number of ether oxygens (including phenoxy) is 2. The molecule has 3 aromatic carbocycles. The summed E-state index contributed by atoms with van der Waals surface area (Å²) >= 11 is 0. The van der Waals surface area contributed by atoms with Gasteiger partial charge in [0.05, 0.1) is 43.7 Å². The Morgan fingerprint density at radius 2 is 1.33 bits per heavy atom. The van der Waals surface area contributed by atoms with Crippen LogP contribution in [0, 0.1) is 19.7 Å². The molecule has 4 N–H and O–H groups in total. The van der Waals surface area contributed by atoms with Crippen LogP contribution in [-0.4, -0.2) is 74.3 Å². The number of anilines is 1. The standard InChI is InChI=1S/C26H25FN2O5.C22H23N3O6S/c1-13-8-16(27)9-14(2)23(13)34-21-7-6-15(26(3,4)33)10-17(21)19-12-29(5)24(30)18-11-20(25(31)32)28-22(18)19;1-11(26)16-9-14-18(23-16)15(10-24(4)20(14)27)13-7-12(32(6,29)30)8-17-19(13)31-22(2,3)21(28)25(17)5/h6-12,28,33H,1-5H3,(H,31,32);7-10,23H,1-6H3. The van der Waals surface area contributed by atoms with E-state index in [1.165, 1.54) is 57.4 Å². The van der Waals surface area contributed by atoms with Crippen LogP contribution in [0.4, 0.5) is 10.1 Å². The zero-order valence-corrected chi connectivity index (χ0v) is 38.9. The number of carbonyl (C=O) groups excluding carboxylic acids is 2. The number of aromatic nitrogens is 4. The quantitative estimate of drug-likeness (QED) is 0.111. The number of hydrogen-bond acceptors (Lipinski definition) is 10. The van der Waals surface area contributed by atoms with Crippen molar-refractivity contribution in [2.45, 2.75) is 64.6 Å². The van der Waals surface area contributed by atoms with E-state index in [0.29, 0.717) is 72.9 Å². The third-order valence-electron chi connectivity index (χ3n) is 11.4. The Balaban J connectivity index is 0.000000197. The maximum atomic E-state index is 13.8. The SMILES string of the molecule is CC(=O)c1cc2c(=O)n(C)cc(-c3cc(S(C)(=O)=O)cc4c3OC(C)(C)C(=O)N4C)c2[nH]1.Cc1cc(F)cc(C)c1Oc1ccc(C(C)(C)O)cc1-c1cn(C)c(=O)c2cc(C(=O)O)[nH]c12. The number of likely N-dealkylation sites (N-methyl/N-ethyl adjacent to an activating group) is 1. The highest BCUT2D eigenvalue weighted by molar-refractivity contribution is 7.90. The second-order valence-electron chi connectivity index (χ2n) is 17.5. The van der Waals surface area contributed by atoms with Gasteiger partial charge in [-0.05, 0) is 107 Å². The number of rotatable bonds is 8. The van der Waals surface area contributed by atoms with Crippen molar-refractivity contribution in [1.29, 1.82) is 0 Å². The third kappa shape index (κ3) is 8.40. The van der Waals surface area contributed by atoms with Crippen LogP contribution in [0.5, 0.6) is 17.2 Å². The highest BCUT2D eigenvalue weighted by Gasteiger charge is 2.41. The Hall–Kier alpha value is -7.31. The van der Waals surface area contributed by atoms with Crippen LogP contribution in [-0.2, 0) is 34.3 Å². The van der Waals surface area contributed by atoms with Gasteiger partial charge in [-0.3, -0.25) is 19.2 Å². The van der Waals surface area contributed by atoms with Gasteiger partial charge >= 0.3 is 5.97 Å². The van der Waals surface area contributed by atoms with Crippen LogP contribution in [0.3, 0.4) is 0 Å². The number of aromatic carboxylic acids is 1. The number of nitrogens with zero attached hydrogens (tertiary/aromatic N) is 3. The monoisotopic (exact) mass is 921 g/mol. The van der Waals surface area contributed by atoms with Crippen molar-refractivity contribution in [2.75, 3.05) is 18.2 Å². The molecule has 16 nitrogen and oxygen atoms in total. The third-order valence-corrected chi connectivity index (χ3v) is 12.5. The molecule has 1 aliphatic heterocycles. The lowest BCUT2D eigenvalue weighted by Crippen LogP contribution is -2.51. The number of amides is 1. The maximum Gasteiger partial charge on any atom is 0.352 e. The van der Waals surface area contributed by atoms with E-state index >= 15 is 0 Å². The number of aryl methyl sites for hydroxylation is 4. The smallest absolute Gasteiger partial charge is 0.352 e. The molecule has 1 aliphatic rings. The Bertz CT molecular complexity index is 3440. The van der Waals surface area contributed by atoms with E-state index in [9.17, 15) is 47.0 Å². The van der Waals surface area contributed by atoms with Crippen molar-refractivity contribution in [2.24, 2.45) is 14.1 Å². The van der Waals surface area contributed by atoms with Gasteiger partial charge in [-0.2, -0.15) is 0 Å². The first kappa shape index (κ1) is 46.7. The van der Waals surface area contributed by atoms with Crippen LogP contribution in [0.25, 0.3) is 44.1 Å². The zero-order valence-electron chi connectivity index (χ0n) is 38.0. The van der Waals surface area contributed by atoms with E-state index < -0.39 is 27.0 Å². The topological polar surface area (TPSA) is 223 Å². The molecule has 8 rings (SSSR count). The molecule has 4 aromatic heterocycles. The molecule has 5 heterocycles. The Kier molecular flexibility index (Phi) is 11.5. The van der Waals surface area contributed by atoms with Crippen molar-refractivity contribution in [3.8, 4) is 39.5 Å². The second-order valence-corrected chi connectivity index (χ2v) is 19.5. The van der Waals surface area contributed by atoms with Gasteiger partial charge in [-0.15, -0.1) is 0 Å². The average Bonchev–Trinajstić information content (AvgIpc) is 3.88. The van der Waals surface area contributed by atoms with Crippen molar-refractivity contribution in [3.63, 3.8) is 0 Å². The van der Waals surface area contributed by atoms with Gasteiger partial charge in [-0.1, -0.05) is 6.07 Å². The number of pyridine rings is 2. The maximum absolute atomic E-state index is 13.8. The molecular formula is C48H48FN5O11S. The summed E-state index contributed by atoms with van der Waals surface area (Å²) in [5.41, 5.74) is 1.83. The first-order valence-electron chi connectivity index (χ1n) is 20.5. The predicted molar refractivity (Wildman–Crippen MR) is 247 cm³/mol. The molecule has 7 aromatic rings. The van der Waals surface area contributed by atoms with Crippen LogP contribution in [0.2, 0.25) is 0 Å². The van der Waals surface area contributed by atoms with Gasteiger partial charge < -0.3 is 43.7 Å². The summed E-state index contributed by atoms with van der Waals surface area (Å²) in [6, 6.07) is 13.6. The van der Waals surface area contributed by atoms with Crippen LogP contribution in [0.1, 0.15) is 72.3 Å². The molecule has 0 fully saturated rings. The van der Waals surface area contributed by atoms with Gasteiger partial charge in [0.2, 0.25) is 0 Å². The van der Waals surface area contributed by atoms with Crippen molar-refractivity contribution in [1.82, 2.24) is 19.1 Å². The number of aromatic amines is 2. The minimum atomic E-state index is -3.64. The second kappa shape index (κ2) is 16.3. The fourth-order valence-electron chi connectivity index (χ4n) is 7.95. The van der Waals surface area contributed by atoms with E-state index in [1.807, 2.05) is 0 Å². The number of Topliss-reactive ketones (excluding diaryl/α,β-unsaturated/α-hetero) is 1. The Labute approximate surface area is 377 Å². The largest absolute Gasteiger partial charge is 0.477 e. The first-order chi connectivity index (χ1) is 30.6. The number of carboxylic acid groups (broad SMARTS) is 1. The van der Waals surface area contributed by atoms with Crippen LogP contribution < -0.4 is 25.5 Å². The van der Waals surface area contributed by atoms with E-state index in [4.69, 9.17) is 9.47 Å². The minimum Gasteiger partial charge on any atom is -0.477 e. The molecule has 0 saturated heterocycles. The number of hydrogen-bond donors (Lipinski definition) is 4. The van der Waals surface area contributed by atoms with Gasteiger partial charge in [0, 0.05) is 69.0 Å². The zero-order chi connectivity index (χ0) is 48.7. The molecule has 1 amide bonds. The normalized spacial score (nSPS) is 13.6. The van der Waals surface area contributed by atoms with Crippen molar-refractivity contribution < 1.29 is 46.9 Å². The number of ketones is 1. The van der Waals surface area contributed by atoms with E-state index in [0.717, 1.165) is 6.26 Å². The van der Waals surface area contributed by atoms with E-state index in [-0.39, 0.29) is 55.7 Å². The highest BCUT2D eigenvalue weighted by atomic mass is 32.2. The average molecular weight is 922 g/mol. The van der Waals surface area contributed by atoms with Gasteiger partial charge in [-0.25, -0.2) is 17.6 Å². The predicted octanol–water partition coefficient (Wildman–Crippen LogP) is 7.28. The molecule has 18 heteroatoms. The Morgan fingerprint density at radius 1 is 0.803 bits per heavy atom. The number of carbonyl (C=O) groups is 3. The summed E-state index contributed by atoms with van der Waals surface area (Å²) in [4.78, 5) is 68.9. The fourth-order valence-corrected chi connectivity index (χ4v) is 8.60. The molecule has 66 heavy (non-hydrogen) atoms. The number of H-pyrrole nitrogens is 2. The lowest BCUT2D eigenvalue weighted by molar-refractivity contribution is -0.132. The van der Waals surface area contributed by atoms with E-state index in [2.05, 4.69) is 9.97 Å². The lowest BCUT2D eigenvalue weighted by Gasteiger charge is -2.38. The molecule has 0 spiro atoms. The van der Waals surface area contributed by atoms with Gasteiger partial charge in [0.25, 0.3) is 17.0 Å². The van der Waals surface area contributed by atoms with Crippen LogP contribution >= 0.6 is 0 Å². The summed E-state index contributed by atoms with van der Waals surface area (Å²) in [7, 11) is 1.06. The van der Waals surface area contributed by atoms with E-state index in [1.54, 1.807) is 93.3 Å². The number of fused-ring (bicyclic) bond motifs is 3. The summed E-state index contributed by atoms with van der Waals surface area (Å²) in [6.07, 6.45) is 4.22. The van der Waals surface area contributed by atoms with Gasteiger partial charge in [0.15, 0.2) is 27.0 Å². The minimum absolute atomic E-state index is 0.00504. The molecule has 0 saturated carbocycles. The summed E-state index contributed by atoms with van der Waals surface area (Å²) in [5.74, 6) is -0.941. The number of halogens is 1. The molecule has 0 atom stereocenters. The van der Waals surface area contributed by atoms with Crippen LogP contribution in [0.15, 0.2) is 81.5 Å². The van der Waals surface area contributed by atoms with Crippen molar-refractivity contribution >= 4 is 55.0 Å². The molecule has 344 valence electrons. The summed E-state index contributed by atoms with van der Waals surface area (Å²) < 4.78 is 53.8. The fraction of sp³-hybridized carbons (Fsp3) is 0.271. The highest BCUT2D eigenvalue weighted by Crippen LogP contribution is 2.47. The summed E-state index contributed by atoms with van der Waals surface area (Å²) in [6.45, 7) is 11.4. The number of aliphatic hydroxyl groups is 1. The molecule has 0 unspecified atom stereocenters. The molecule has 0 bridgehead atoms. The number of carboxylic acids is 1. The molecule has 0 aliphatic carbocycles. The van der Waals surface area contributed by atoms with Crippen molar-refractivity contribution in [3.05, 3.63) is 122 Å². The first-order valence-corrected chi connectivity index (χ1v) is 22.3. The number of benzene rings is 3. The summed E-state index contributed by atoms with van der Waals surface area (Å²) in [5, 5.41) is 20.6. The molecular weight excluding hydrogens is 874 g/mol. The lowest BCUT2D eigenvalue weighted by atomic mass is 9.93. The number of sulfone groups is 1. The number of nitrogens with one attached hydrogen (secondary N) is 2. The molecule has 0 radical (unpaired) electrons. The Morgan fingerprint density at radius 3 is 1.85 bits per heavy atom.